The summed E-state index contributed by atoms with van der Waals surface area (Å²) in [5.41, 5.74) is 2.20. The topological polar surface area (TPSA) is 112 Å². The maximum atomic E-state index is 14.3. The Morgan fingerprint density at radius 3 is 2.62 bits per heavy atom. The molecule has 1 aromatic heterocycles. The van der Waals surface area contributed by atoms with Crippen LogP contribution in [0.25, 0.3) is 0 Å². The molecule has 2 aromatic rings. The molecule has 0 saturated carbocycles. The van der Waals surface area contributed by atoms with Crippen LogP contribution >= 0.6 is 0 Å². The Morgan fingerprint density at radius 2 is 1.86 bits per heavy atom. The predicted octanol–water partition coefficient (Wildman–Crippen LogP) is 3.46. The van der Waals surface area contributed by atoms with Crippen molar-refractivity contribution in [2.75, 3.05) is 44.2 Å². The number of aromatic nitrogens is 2. The first kappa shape index (κ1) is 27.2. The number of hydrogen-bond acceptors (Lipinski definition) is 8. The second-order valence-electron chi connectivity index (χ2n) is 12.3. The number of halogens is 1. The normalized spacial score (nSPS) is 28.5. The van der Waals surface area contributed by atoms with Crippen LogP contribution in [0.1, 0.15) is 48.9 Å². The summed E-state index contributed by atoms with van der Waals surface area (Å²) in [4.78, 5) is 42.1. The number of benzene rings is 1. The number of hydrogen-bond donors (Lipinski definition) is 1. The summed E-state index contributed by atoms with van der Waals surface area (Å²) in [6.45, 7) is 3.59. The maximum absolute atomic E-state index is 14.3. The van der Waals surface area contributed by atoms with Gasteiger partial charge in [0.2, 0.25) is 0 Å². The predicted molar refractivity (Wildman–Crippen MR) is 150 cm³/mol. The first-order valence-corrected chi connectivity index (χ1v) is 15.0. The number of fused-ring (bicyclic) bond motifs is 4. The number of rotatable bonds is 6. The van der Waals surface area contributed by atoms with Crippen molar-refractivity contribution in [2.24, 2.45) is 0 Å². The largest absolute Gasteiger partial charge is 0.465 e. The Labute approximate surface area is 244 Å². The number of carbonyl (C=O) groups excluding carboxylic acids is 1. The number of ether oxygens (including phenoxy) is 2. The standard InChI is InChI=1S/C30H37FN6O5/c31-21-13-30(10-4-11-36(30)14-21)19-42-27-32-25-17-34(28(38)39)12-9-24(25)26(33-27)35-15-22-7-8-23(16-35)37(22)29(40)41-18-20-5-2-1-3-6-20/h1-3,5-6,21-23H,4,7-19H2,(H,38,39)/t21-,22?,23?,30+/m1/s1. The molecule has 1 N–H and O–H groups in total. The Bertz CT molecular complexity index is 1330. The number of nitrogens with zero attached hydrogens (tertiary/aromatic N) is 6. The van der Waals surface area contributed by atoms with E-state index in [4.69, 9.17) is 14.5 Å². The average Bonchev–Trinajstić information content (AvgIpc) is 3.61. The molecule has 0 spiro atoms. The van der Waals surface area contributed by atoms with E-state index in [2.05, 4.69) is 14.8 Å². The number of piperazine rings is 1. The fraction of sp³-hybridized carbons (Fsp3) is 0.600. The number of carboxylic acid groups (broad SMARTS) is 1. The number of anilines is 1. The molecule has 2 amide bonds. The van der Waals surface area contributed by atoms with Crippen LogP contribution in [0.15, 0.2) is 30.3 Å². The van der Waals surface area contributed by atoms with Gasteiger partial charge in [-0.25, -0.2) is 14.0 Å². The van der Waals surface area contributed by atoms with Crippen LogP contribution in [-0.4, -0.2) is 105 Å². The Balaban J connectivity index is 1.11. The summed E-state index contributed by atoms with van der Waals surface area (Å²) in [6.07, 6.45) is 2.48. The molecule has 0 radical (unpaired) electrons. The second-order valence-corrected chi connectivity index (χ2v) is 12.3. The van der Waals surface area contributed by atoms with Crippen LogP contribution in [0.3, 0.4) is 0 Å². The van der Waals surface area contributed by atoms with Gasteiger partial charge in [0.05, 0.1) is 29.9 Å². The lowest BCUT2D eigenvalue weighted by molar-refractivity contribution is 0.0732. The zero-order valence-electron chi connectivity index (χ0n) is 23.7. The van der Waals surface area contributed by atoms with Gasteiger partial charge in [-0.05, 0) is 44.2 Å². The molecule has 0 aliphatic carbocycles. The molecule has 2 bridgehead atoms. The van der Waals surface area contributed by atoms with E-state index in [1.54, 1.807) is 0 Å². The molecule has 11 nitrogen and oxygen atoms in total. The van der Waals surface area contributed by atoms with Crippen LogP contribution in [0.2, 0.25) is 0 Å². The molecule has 4 atom stereocenters. The molecular weight excluding hydrogens is 543 g/mol. The van der Waals surface area contributed by atoms with Gasteiger partial charge >= 0.3 is 18.2 Å². The van der Waals surface area contributed by atoms with Gasteiger partial charge in [0.15, 0.2) is 0 Å². The van der Waals surface area contributed by atoms with E-state index in [1.165, 1.54) is 4.90 Å². The van der Waals surface area contributed by atoms with Crippen LogP contribution < -0.4 is 9.64 Å². The van der Waals surface area contributed by atoms with Crippen molar-refractivity contribution >= 4 is 18.0 Å². The third kappa shape index (κ3) is 4.99. The Morgan fingerprint density at radius 1 is 1.07 bits per heavy atom. The smallest absolute Gasteiger partial charge is 0.410 e. The Hall–Kier alpha value is -3.67. The van der Waals surface area contributed by atoms with Crippen molar-refractivity contribution < 1.29 is 28.6 Å². The second kappa shape index (κ2) is 10.9. The monoisotopic (exact) mass is 580 g/mol. The number of carbonyl (C=O) groups is 2. The summed E-state index contributed by atoms with van der Waals surface area (Å²) >= 11 is 0. The highest BCUT2D eigenvalue weighted by molar-refractivity contribution is 5.70. The molecular formula is C30H37FN6O5. The molecule has 42 heavy (non-hydrogen) atoms. The molecule has 5 aliphatic rings. The van der Waals surface area contributed by atoms with Crippen molar-refractivity contribution in [3.63, 3.8) is 0 Å². The van der Waals surface area contributed by atoms with E-state index < -0.39 is 12.3 Å². The van der Waals surface area contributed by atoms with Gasteiger partial charge in [-0.15, -0.1) is 0 Å². The maximum Gasteiger partial charge on any atom is 0.410 e. The van der Waals surface area contributed by atoms with Gasteiger partial charge in [-0.2, -0.15) is 9.97 Å². The van der Waals surface area contributed by atoms with E-state index in [0.717, 1.165) is 49.2 Å². The minimum atomic E-state index is -0.982. The van der Waals surface area contributed by atoms with Crippen LogP contribution in [0.4, 0.5) is 19.8 Å². The summed E-state index contributed by atoms with van der Waals surface area (Å²) in [5.74, 6) is 0.754. The van der Waals surface area contributed by atoms with Gasteiger partial charge in [0.1, 0.15) is 25.2 Å². The zero-order valence-corrected chi connectivity index (χ0v) is 23.7. The molecule has 224 valence electrons. The molecule has 12 heteroatoms. The third-order valence-electron chi connectivity index (χ3n) is 9.72. The van der Waals surface area contributed by atoms with E-state index in [1.807, 2.05) is 35.2 Å². The summed E-state index contributed by atoms with van der Waals surface area (Å²) < 4.78 is 26.3. The SMILES string of the molecule is O=C(O)N1CCc2c(nc(OC[C@@]34CCCN3C[C@H](F)C4)nc2N2CC3CCC(C2)N3C(=O)OCc2ccccc2)C1. The van der Waals surface area contributed by atoms with E-state index in [-0.39, 0.29) is 42.9 Å². The minimum Gasteiger partial charge on any atom is -0.465 e. The van der Waals surface area contributed by atoms with Crippen LogP contribution in [-0.2, 0) is 24.3 Å². The molecule has 6 heterocycles. The number of alkyl halides is 1. The first-order chi connectivity index (χ1) is 20.4. The van der Waals surface area contributed by atoms with E-state index in [9.17, 15) is 19.1 Å². The first-order valence-electron chi connectivity index (χ1n) is 15.0. The van der Waals surface area contributed by atoms with Crippen molar-refractivity contribution in [3.05, 3.63) is 47.2 Å². The molecule has 2 unspecified atom stereocenters. The zero-order chi connectivity index (χ0) is 28.8. The van der Waals surface area contributed by atoms with Gasteiger partial charge in [-0.3, -0.25) is 9.80 Å². The highest BCUT2D eigenvalue weighted by Crippen LogP contribution is 2.41. The highest BCUT2D eigenvalue weighted by atomic mass is 19.1. The van der Waals surface area contributed by atoms with E-state index in [0.29, 0.717) is 51.3 Å². The average molecular weight is 581 g/mol. The number of amides is 2. The summed E-state index contributed by atoms with van der Waals surface area (Å²) in [6, 6.07) is 9.86. The van der Waals surface area contributed by atoms with Gasteiger partial charge in [0, 0.05) is 38.2 Å². The molecule has 7 rings (SSSR count). The molecule has 5 aliphatic heterocycles. The summed E-state index contributed by atoms with van der Waals surface area (Å²) in [5, 5.41) is 9.65. The Kier molecular flexibility index (Phi) is 7.03. The molecule has 4 fully saturated rings. The fourth-order valence-corrected chi connectivity index (χ4v) is 7.69. The minimum absolute atomic E-state index is 0.00738. The van der Waals surface area contributed by atoms with Crippen LogP contribution in [0.5, 0.6) is 6.01 Å². The van der Waals surface area contributed by atoms with Gasteiger partial charge < -0.3 is 24.4 Å². The van der Waals surface area contributed by atoms with Crippen molar-refractivity contribution in [1.82, 2.24) is 24.7 Å². The van der Waals surface area contributed by atoms with Gasteiger partial charge in [0.25, 0.3) is 0 Å². The lowest BCUT2D eigenvalue weighted by Crippen LogP contribution is -2.56. The lowest BCUT2D eigenvalue weighted by atomic mass is 9.95. The van der Waals surface area contributed by atoms with Crippen molar-refractivity contribution in [2.45, 2.75) is 75.5 Å². The van der Waals surface area contributed by atoms with Crippen molar-refractivity contribution in [1.29, 1.82) is 0 Å². The van der Waals surface area contributed by atoms with Crippen molar-refractivity contribution in [3.8, 4) is 6.01 Å². The summed E-state index contributed by atoms with van der Waals surface area (Å²) in [7, 11) is 0. The lowest BCUT2D eigenvalue weighted by Gasteiger charge is -2.42. The van der Waals surface area contributed by atoms with E-state index >= 15 is 0 Å². The van der Waals surface area contributed by atoms with Gasteiger partial charge in [-0.1, -0.05) is 30.3 Å². The molecule has 1 aromatic carbocycles. The quantitative estimate of drug-likeness (QED) is 0.549. The fourth-order valence-electron chi connectivity index (χ4n) is 7.69. The third-order valence-corrected chi connectivity index (χ3v) is 9.72. The highest BCUT2D eigenvalue weighted by Gasteiger charge is 2.50. The molecule has 4 saturated heterocycles. The van der Waals surface area contributed by atoms with Crippen LogP contribution in [0, 0.1) is 0 Å².